The molecule has 0 spiro atoms. The van der Waals surface area contributed by atoms with Gasteiger partial charge in [-0.25, -0.2) is 4.79 Å². The van der Waals surface area contributed by atoms with Crippen molar-refractivity contribution in [3.8, 4) is 11.5 Å². The van der Waals surface area contributed by atoms with Gasteiger partial charge in [0, 0.05) is 0 Å². The van der Waals surface area contributed by atoms with E-state index < -0.39 is 5.97 Å². The maximum atomic E-state index is 11.6. The Morgan fingerprint density at radius 3 is 2.21 bits per heavy atom. The highest BCUT2D eigenvalue weighted by atomic mass is 16.6. The molecule has 0 heterocycles. The molecular formula is C16H16O3. The van der Waals surface area contributed by atoms with E-state index in [1.54, 1.807) is 12.1 Å². The number of aryl methyl sites for hydroxylation is 2. The Morgan fingerprint density at radius 2 is 1.58 bits per heavy atom. The maximum absolute atomic E-state index is 11.6. The summed E-state index contributed by atoms with van der Waals surface area (Å²) < 4.78 is 10.6. The molecule has 0 amide bonds. The average Bonchev–Trinajstić information content (AvgIpc) is 2.36. The number of benzene rings is 2. The molecule has 2 rings (SSSR count). The number of rotatable bonds is 4. The summed E-state index contributed by atoms with van der Waals surface area (Å²) in [7, 11) is 0. The number of carbonyl (C=O) groups is 1. The Hall–Kier alpha value is -2.29. The smallest absolute Gasteiger partial charge is 0.349 e. The molecule has 19 heavy (non-hydrogen) atoms. The van der Waals surface area contributed by atoms with E-state index in [1.807, 2.05) is 44.2 Å². The first-order valence-corrected chi connectivity index (χ1v) is 6.10. The van der Waals surface area contributed by atoms with Crippen LogP contribution >= 0.6 is 0 Å². The highest BCUT2D eigenvalue weighted by Crippen LogP contribution is 2.16. The number of ether oxygens (including phenoxy) is 2. The van der Waals surface area contributed by atoms with Gasteiger partial charge in [-0.1, -0.05) is 24.3 Å². The molecule has 0 bridgehead atoms. The second kappa shape index (κ2) is 6.05. The lowest BCUT2D eigenvalue weighted by molar-refractivity contribution is -0.136. The quantitative estimate of drug-likeness (QED) is 0.622. The lowest BCUT2D eigenvalue weighted by Crippen LogP contribution is -2.17. The van der Waals surface area contributed by atoms with E-state index in [4.69, 9.17) is 9.47 Å². The van der Waals surface area contributed by atoms with E-state index in [2.05, 4.69) is 6.07 Å². The zero-order valence-corrected chi connectivity index (χ0v) is 11.1. The van der Waals surface area contributed by atoms with E-state index in [1.165, 1.54) is 0 Å². The van der Waals surface area contributed by atoms with Crippen molar-refractivity contribution >= 4 is 5.97 Å². The van der Waals surface area contributed by atoms with Crippen LogP contribution < -0.4 is 9.47 Å². The molecule has 0 aliphatic carbocycles. The SMILES string of the molecule is Cc1cc(C)cc(OCC(=O)Oc2ccccc2)c1. The average molecular weight is 256 g/mol. The molecule has 3 nitrogen and oxygen atoms in total. The first-order valence-electron chi connectivity index (χ1n) is 6.10. The largest absolute Gasteiger partial charge is 0.482 e. The first kappa shape index (κ1) is 13.1. The summed E-state index contributed by atoms with van der Waals surface area (Å²) in [5.41, 5.74) is 2.21. The van der Waals surface area contributed by atoms with Crippen LogP contribution in [0.1, 0.15) is 11.1 Å². The van der Waals surface area contributed by atoms with Gasteiger partial charge < -0.3 is 9.47 Å². The van der Waals surface area contributed by atoms with Crippen molar-refractivity contribution in [2.45, 2.75) is 13.8 Å². The van der Waals surface area contributed by atoms with Crippen molar-refractivity contribution in [3.63, 3.8) is 0 Å². The van der Waals surface area contributed by atoms with E-state index in [0.717, 1.165) is 11.1 Å². The molecule has 0 radical (unpaired) electrons. The molecule has 0 aromatic heterocycles. The predicted octanol–water partition coefficient (Wildman–Crippen LogP) is 3.29. The van der Waals surface area contributed by atoms with Crippen molar-refractivity contribution in [2.24, 2.45) is 0 Å². The van der Waals surface area contributed by atoms with Gasteiger partial charge in [0.1, 0.15) is 11.5 Å². The number of esters is 1. The summed E-state index contributed by atoms with van der Waals surface area (Å²) in [4.78, 5) is 11.6. The van der Waals surface area contributed by atoms with Gasteiger partial charge in [-0.15, -0.1) is 0 Å². The van der Waals surface area contributed by atoms with Crippen LogP contribution in [-0.4, -0.2) is 12.6 Å². The van der Waals surface area contributed by atoms with Crippen LogP contribution in [0.2, 0.25) is 0 Å². The molecule has 0 fully saturated rings. The molecule has 98 valence electrons. The minimum atomic E-state index is -0.412. The third-order valence-corrected chi connectivity index (χ3v) is 2.53. The Balaban J connectivity index is 1.90. The fraction of sp³-hybridized carbons (Fsp3) is 0.188. The predicted molar refractivity (Wildman–Crippen MR) is 73.5 cm³/mol. The molecule has 3 heteroatoms. The molecule has 0 unspecified atom stereocenters. The van der Waals surface area contributed by atoms with Crippen molar-refractivity contribution in [1.29, 1.82) is 0 Å². The molecular weight excluding hydrogens is 240 g/mol. The summed E-state index contributed by atoms with van der Waals surface area (Å²) >= 11 is 0. The van der Waals surface area contributed by atoms with E-state index in [9.17, 15) is 4.79 Å². The standard InChI is InChI=1S/C16H16O3/c1-12-8-13(2)10-15(9-12)18-11-16(17)19-14-6-4-3-5-7-14/h3-10H,11H2,1-2H3. The fourth-order valence-electron chi connectivity index (χ4n) is 1.81. The van der Waals surface area contributed by atoms with Gasteiger partial charge in [0.15, 0.2) is 6.61 Å². The normalized spacial score (nSPS) is 10.0. The van der Waals surface area contributed by atoms with E-state index >= 15 is 0 Å². The van der Waals surface area contributed by atoms with Gasteiger partial charge >= 0.3 is 5.97 Å². The topological polar surface area (TPSA) is 35.5 Å². The Kier molecular flexibility index (Phi) is 4.18. The van der Waals surface area contributed by atoms with Crippen molar-refractivity contribution in [1.82, 2.24) is 0 Å². The monoisotopic (exact) mass is 256 g/mol. The van der Waals surface area contributed by atoms with Crippen molar-refractivity contribution < 1.29 is 14.3 Å². The van der Waals surface area contributed by atoms with E-state index in [0.29, 0.717) is 11.5 Å². The van der Waals surface area contributed by atoms with Crippen LogP contribution in [0.3, 0.4) is 0 Å². The minimum absolute atomic E-state index is 0.0994. The molecule has 0 saturated carbocycles. The number of para-hydroxylation sites is 1. The highest BCUT2D eigenvalue weighted by Gasteiger charge is 2.06. The van der Waals surface area contributed by atoms with Crippen LogP contribution in [0.4, 0.5) is 0 Å². The second-order valence-corrected chi connectivity index (χ2v) is 4.40. The van der Waals surface area contributed by atoms with Crippen LogP contribution in [-0.2, 0) is 4.79 Å². The molecule has 2 aromatic rings. The maximum Gasteiger partial charge on any atom is 0.349 e. The van der Waals surface area contributed by atoms with Gasteiger partial charge in [0.05, 0.1) is 0 Å². The summed E-state index contributed by atoms with van der Waals surface area (Å²) in [5, 5.41) is 0. The lowest BCUT2D eigenvalue weighted by Gasteiger charge is -2.08. The van der Waals surface area contributed by atoms with Crippen molar-refractivity contribution in [3.05, 3.63) is 59.7 Å². The van der Waals surface area contributed by atoms with Crippen LogP contribution in [0.25, 0.3) is 0 Å². The third-order valence-electron chi connectivity index (χ3n) is 2.53. The third kappa shape index (κ3) is 4.14. The fourth-order valence-corrected chi connectivity index (χ4v) is 1.81. The van der Waals surface area contributed by atoms with Crippen LogP contribution in [0.5, 0.6) is 11.5 Å². The van der Waals surface area contributed by atoms with E-state index in [-0.39, 0.29) is 6.61 Å². The number of carbonyl (C=O) groups excluding carboxylic acids is 1. The Labute approximate surface area is 112 Å². The van der Waals surface area contributed by atoms with Crippen molar-refractivity contribution in [2.75, 3.05) is 6.61 Å². The summed E-state index contributed by atoms with van der Waals surface area (Å²) in [6.45, 7) is 3.88. The van der Waals surface area contributed by atoms with Gasteiger partial charge in [0.2, 0.25) is 0 Å². The molecule has 0 atom stereocenters. The first-order chi connectivity index (χ1) is 9.13. The Morgan fingerprint density at radius 1 is 0.947 bits per heavy atom. The van der Waals surface area contributed by atoms with Gasteiger partial charge in [-0.2, -0.15) is 0 Å². The second-order valence-electron chi connectivity index (χ2n) is 4.40. The zero-order chi connectivity index (χ0) is 13.7. The van der Waals surface area contributed by atoms with Crippen LogP contribution in [0, 0.1) is 13.8 Å². The number of hydrogen-bond donors (Lipinski definition) is 0. The molecule has 0 saturated heterocycles. The van der Waals surface area contributed by atoms with Gasteiger partial charge in [-0.3, -0.25) is 0 Å². The molecule has 0 aliphatic heterocycles. The molecule has 0 aliphatic rings. The van der Waals surface area contributed by atoms with Gasteiger partial charge in [-0.05, 0) is 49.2 Å². The zero-order valence-electron chi connectivity index (χ0n) is 11.1. The molecule has 0 N–H and O–H groups in total. The van der Waals surface area contributed by atoms with Gasteiger partial charge in [0.25, 0.3) is 0 Å². The lowest BCUT2D eigenvalue weighted by atomic mass is 10.1. The summed E-state index contributed by atoms with van der Waals surface area (Å²) in [6.07, 6.45) is 0. The summed E-state index contributed by atoms with van der Waals surface area (Å²) in [5.74, 6) is 0.796. The Bertz CT molecular complexity index is 541. The highest BCUT2D eigenvalue weighted by molar-refractivity contribution is 5.73. The van der Waals surface area contributed by atoms with Crippen LogP contribution in [0.15, 0.2) is 48.5 Å². The number of hydrogen-bond acceptors (Lipinski definition) is 3. The minimum Gasteiger partial charge on any atom is -0.482 e. The molecule has 2 aromatic carbocycles. The summed E-state index contributed by atoms with van der Waals surface area (Å²) in [6, 6.07) is 14.8.